The molecule has 2 aromatic rings. The summed E-state index contributed by atoms with van der Waals surface area (Å²) < 4.78 is 0. The van der Waals surface area contributed by atoms with Gasteiger partial charge in [0.25, 0.3) is 0 Å². The molecule has 0 aliphatic rings. The van der Waals surface area contributed by atoms with E-state index in [9.17, 15) is 0 Å². The highest BCUT2D eigenvalue weighted by atomic mass is 35.5. The van der Waals surface area contributed by atoms with Crippen molar-refractivity contribution in [1.82, 2.24) is 4.98 Å². The molecule has 18 heavy (non-hydrogen) atoms. The summed E-state index contributed by atoms with van der Waals surface area (Å²) in [4.78, 5) is 5.46. The maximum absolute atomic E-state index is 6.11. The Morgan fingerprint density at radius 3 is 2.67 bits per heavy atom. The molecule has 0 saturated heterocycles. The van der Waals surface area contributed by atoms with E-state index in [1.54, 1.807) is 11.8 Å². The molecule has 1 aromatic carbocycles. The Morgan fingerprint density at radius 2 is 2.06 bits per heavy atom. The molecule has 0 spiro atoms. The second-order valence-corrected chi connectivity index (χ2v) is 5.54. The Bertz CT molecular complexity index is 511. The number of benzene rings is 1. The normalized spacial score (nSPS) is 12.4. The molecule has 1 heterocycles. The zero-order valence-electron chi connectivity index (χ0n) is 10.1. The fraction of sp³-hybridized carbons (Fsp3) is 0.214. The van der Waals surface area contributed by atoms with Crippen molar-refractivity contribution in [3.8, 4) is 0 Å². The Hall–Kier alpha value is -1.03. The highest BCUT2D eigenvalue weighted by Crippen LogP contribution is 2.26. The van der Waals surface area contributed by atoms with E-state index in [2.05, 4.69) is 4.98 Å². The van der Waals surface area contributed by atoms with Crippen LogP contribution in [0.15, 0.2) is 47.5 Å². The lowest BCUT2D eigenvalue weighted by Gasteiger charge is -2.06. The minimum absolute atomic E-state index is 0.0207. The van der Waals surface area contributed by atoms with Gasteiger partial charge in [0, 0.05) is 27.9 Å². The van der Waals surface area contributed by atoms with E-state index in [0.29, 0.717) is 0 Å². The monoisotopic (exact) mass is 278 g/mol. The Morgan fingerprint density at radius 1 is 1.28 bits per heavy atom. The summed E-state index contributed by atoms with van der Waals surface area (Å²) in [5, 5.41) is 0.810. The standard InChI is InChI=1S/C14H15ClN2S/c1-10(16)14-7-6-12(8-17-14)18-9-11-4-2-3-5-13(11)15/h2-8,10H,9,16H2,1H3/t10-/m1/s1. The second kappa shape index (κ2) is 6.23. The molecule has 0 amide bonds. The van der Waals surface area contributed by atoms with E-state index >= 15 is 0 Å². The SMILES string of the molecule is C[C@@H](N)c1ccc(SCc2ccccc2Cl)cn1. The largest absolute Gasteiger partial charge is 0.323 e. The molecule has 2 rings (SSSR count). The molecular weight excluding hydrogens is 264 g/mol. The van der Waals surface area contributed by atoms with Crippen molar-refractivity contribution < 1.29 is 0 Å². The van der Waals surface area contributed by atoms with E-state index in [1.165, 1.54) is 0 Å². The van der Waals surface area contributed by atoms with Crippen LogP contribution in [-0.2, 0) is 5.75 Å². The molecule has 4 heteroatoms. The molecule has 0 fully saturated rings. The van der Waals surface area contributed by atoms with Gasteiger partial charge < -0.3 is 5.73 Å². The van der Waals surface area contributed by atoms with Crippen molar-refractivity contribution in [2.45, 2.75) is 23.6 Å². The number of hydrogen-bond acceptors (Lipinski definition) is 3. The van der Waals surface area contributed by atoms with Crippen molar-refractivity contribution in [1.29, 1.82) is 0 Å². The van der Waals surface area contributed by atoms with Crippen molar-refractivity contribution in [2.75, 3.05) is 0 Å². The molecule has 1 atom stereocenters. The number of aromatic nitrogens is 1. The van der Waals surface area contributed by atoms with Crippen molar-refractivity contribution >= 4 is 23.4 Å². The first kappa shape index (κ1) is 13.4. The fourth-order valence-corrected chi connectivity index (χ4v) is 2.67. The molecule has 0 radical (unpaired) electrons. The Labute approximate surface area is 117 Å². The van der Waals surface area contributed by atoms with Crippen LogP contribution in [0.25, 0.3) is 0 Å². The van der Waals surface area contributed by atoms with Crippen LogP contribution >= 0.6 is 23.4 Å². The van der Waals surface area contributed by atoms with Gasteiger partial charge in [0.1, 0.15) is 0 Å². The quantitative estimate of drug-likeness (QED) is 0.858. The van der Waals surface area contributed by atoms with Gasteiger partial charge in [0.15, 0.2) is 0 Å². The predicted molar refractivity (Wildman–Crippen MR) is 77.9 cm³/mol. The van der Waals surface area contributed by atoms with Gasteiger partial charge in [-0.2, -0.15) is 0 Å². The number of halogens is 1. The van der Waals surface area contributed by atoms with Gasteiger partial charge in [-0.25, -0.2) is 0 Å². The summed E-state index contributed by atoms with van der Waals surface area (Å²) in [7, 11) is 0. The first-order valence-corrected chi connectivity index (χ1v) is 7.11. The third-order valence-corrected chi connectivity index (χ3v) is 3.98. The maximum Gasteiger partial charge on any atom is 0.0569 e. The van der Waals surface area contributed by atoms with Gasteiger partial charge in [0.2, 0.25) is 0 Å². The van der Waals surface area contributed by atoms with Crippen molar-refractivity contribution in [3.63, 3.8) is 0 Å². The zero-order valence-corrected chi connectivity index (χ0v) is 11.7. The van der Waals surface area contributed by atoms with Crippen LogP contribution in [0.2, 0.25) is 5.02 Å². The Balaban J connectivity index is 2.00. The maximum atomic E-state index is 6.11. The van der Waals surface area contributed by atoms with Gasteiger partial charge in [0.05, 0.1) is 5.69 Å². The molecule has 94 valence electrons. The molecule has 0 aliphatic carbocycles. The van der Waals surface area contributed by atoms with Gasteiger partial charge in [-0.15, -0.1) is 11.8 Å². The average Bonchev–Trinajstić information content (AvgIpc) is 2.38. The van der Waals surface area contributed by atoms with Crippen molar-refractivity contribution in [2.24, 2.45) is 5.73 Å². The summed E-state index contributed by atoms with van der Waals surface area (Å²) >= 11 is 7.83. The molecule has 0 unspecified atom stereocenters. The van der Waals surface area contributed by atoms with Crippen LogP contribution < -0.4 is 5.73 Å². The van der Waals surface area contributed by atoms with E-state index in [1.807, 2.05) is 49.5 Å². The topological polar surface area (TPSA) is 38.9 Å². The molecule has 0 aliphatic heterocycles. The van der Waals surface area contributed by atoms with E-state index in [-0.39, 0.29) is 6.04 Å². The van der Waals surface area contributed by atoms with Crippen LogP contribution in [0.1, 0.15) is 24.2 Å². The second-order valence-electron chi connectivity index (χ2n) is 4.09. The van der Waals surface area contributed by atoms with Gasteiger partial charge >= 0.3 is 0 Å². The summed E-state index contributed by atoms with van der Waals surface area (Å²) in [6, 6.07) is 11.9. The van der Waals surface area contributed by atoms with Crippen LogP contribution in [-0.4, -0.2) is 4.98 Å². The minimum atomic E-state index is -0.0207. The number of thioether (sulfide) groups is 1. The highest BCUT2D eigenvalue weighted by molar-refractivity contribution is 7.98. The lowest BCUT2D eigenvalue weighted by molar-refractivity contribution is 0.777. The summed E-state index contributed by atoms with van der Waals surface area (Å²) in [6.45, 7) is 1.93. The average molecular weight is 279 g/mol. The number of nitrogens with zero attached hydrogens (tertiary/aromatic N) is 1. The number of hydrogen-bond donors (Lipinski definition) is 1. The first-order valence-electron chi connectivity index (χ1n) is 5.74. The summed E-state index contributed by atoms with van der Waals surface area (Å²) in [6.07, 6.45) is 1.86. The van der Waals surface area contributed by atoms with E-state index in [4.69, 9.17) is 17.3 Å². The smallest absolute Gasteiger partial charge is 0.0569 e. The molecule has 0 bridgehead atoms. The first-order chi connectivity index (χ1) is 8.66. The van der Waals surface area contributed by atoms with E-state index < -0.39 is 0 Å². The molecule has 2 N–H and O–H groups in total. The van der Waals surface area contributed by atoms with Crippen LogP contribution in [0.5, 0.6) is 0 Å². The number of pyridine rings is 1. The van der Waals surface area contributed by atoms with Gasteiger partial charge in [-0.1, -0.05) is 29.8 Å². The predicted octanol–water partition coefficient (Wildman–Crippen LogP) is 4.05. The molecular formula is C14H15ClN2S. The fourth-order valence-electron chi connectivity index (χ4n) is 1.52. The lowest BCUT2D eigenvalue weighted by atomic mass is 10.2. The highest BCUT2D eigenvalue weighted by Gasteiger charge is 2.03. The minimum Gasteiger partial charge on any atom is -0.323 e. The third kappa shape index (κ3) is 3.48. The van der Waals surface area contributed by atoms with E-state index in [0.717, 1.165) is 26.9 Å². The van der Waals surface area contributed by atoms with Gasteiger partial charge in [-0.3, -0.25) is 4.98 Å². The molecule has 0 saturated carbocycles. The lowest BCUT2D eigenvalue weighted by Crippen LogP contribution is -2.06. The van der Waals surface area contributed by atoms with Crippen LogP contribution in [0.4, 0.5) is 0 Å². The van der Waals surface area contributed by atoms with Crippen LogP contribution in [0.3, 0.4) is 0 Å². The molecule has 1 aromatic heterocycles. The zero-order chi connectivity index (χ0) is 13.0. The molecule has 2 nitrogen and oxygen atoms in total. The van der Waals surface area contributed by atoms with Crippen molar-refractivity contribution in [3.05, 3.63) is 58.9 Å². The Kier molecular flexibility index (Phi) is 4.64. The third-order valence-electron chi connectivity index (χ3n) is 2.58. The van der Waals surface area contributed by atoms with Crippen LogP contribution in [0, 0.1) is 0 Å². The summed E-state index contributed by atoms with van der Waals surface area (Å²) in [5.41, 5.74) is 7.82. The number of nitrogens with two attached hydrogens (primary N) is 1. The number of rotatable bonds is 4. The summed E-state index contributed by atoms with van der Waals surface area (Å²) in [5.74, 6) is 0.846. The van der Waals surface area contributed by atoms with Gasteiger partial charge in [-0.05, 0) is 30.7 Å².